The maximum atomic E-state index is 13.0. The van der Waals surface area contributed by atoms with Crippen molar-refractivity contribution in [3.05, 3.63) is 109 Å². The largest absolute Gasteiger partial charge is 0.493 e. The quantitative estimate of drug-likeness (QED) is 0.156. The summed E-state index contributed by atoms with van der Waals surface area (Å²) in [6.07, 6.45) is -4.26. The van der Waals surface area contributed by atoms with E-state index in [-0.39, 0.29) is 12.1 Å². The fourth-order valence-electron chi connectivity index (χ4n) is 4.61. The highest BCUT2D eigenvalue weighted by Gasteiger charge is 2.43. The van der Waals surface area contributed by atoms with Gasteiger partial charge < -0.3 is 20.3 Å². The van der Waals surface area contributed by atoms with Crippen molar-refractivity contribution < 1.29 is 32.0 Å². The van der Waals surface area contributed by atoms with E-state index in [4.69, 9.17) is 10.2 Å². The first kappa shape index (κ1) is 28.2. The number of hydrogen-bond donors (Lipinski definition) is 2. The maximum Gasteiger partial charge on any atom is 0.493 e. The molecule has 0 aliphatic rings. The average Bonchev–Trinajstić information content (AvgIpc) is 3.40. The summed E-state index contributed by atoms with van der Waals surface area (Å²) in [5.41, 5.74) is 9.78. The van der Waals surface area contributed by atoms with Crippen LogP contribution in [0, 0.1) is 0 Å². The van der Waals surface area contributed by atoms with E-state index in [0.717, 1.165) is 21.9 Å². The summed E-state index contributed by atoms with van der Waals surface area (Å²) in [7, 11) is 0. The van der Waals surface area contributed by atoms with Crippen LogP contribution in [0.5, 0.6) is 0 Å². The third-order valence-corrected chi connectivity index (χ3v) is 6.69. The maximum absolute atomic E-state index is 13.0. The van der Waals surface area contributed by atoms with E-state index < -0.39 is 18.1 Å². The van der Waals surface area contributed by atoms with E-state index in [2.05, 4.69) is 20.1 Å². The molecule has 6 rings (SSSR count). The Hall–Kier alpha value is -5.91. The summed E-state index contributed by atoms with van der Waals surface area (Å²) in [5.74, 6) is -3.00. The van der Waals surface area contributed by atoms with E-state index >= 15 is 0 Å². The second kappa shape index (κ2) is 11.4. The van der Waals surface area contributed by atoms with Gasteiger partial charge in [-0.25, -0.2) is 14.8 Å². The summed E-state index contributed by atoms with van der Waals surface area (Å²) >= 11 is 0. The van der Waals surface area contributed by atoms with E-state index in [1.54, 1.807) is 30.3 Å². The molecule has 0 spiro atoms. The van der Waals surface area contributed by atoms with Crippen molar-refractivity contribution >= 4 is 56.7 Å². The number of rotatable bonds is 6. The smallest absolute Gasteiger partial charge is 0.455 e. The molecule has 44 heavy (non-hydrogen) atoms. The Morgan fingerprint density at radius 1 is 0.886 bits per heavy atom. The van der Waals surface area contributed by atoms with Crippen LogP contribution in [-0.4, -0.2) is 28.0 Å². The molecule has 220 valence electrons. The highest BCUT2D eigenvalue weighted by atomic mass is 19.4. The number of para-hydroxylation sites is 2. The third kappa shape index (κ3) is 5.86. The third-order valence-electron chi connectivity index (χ3n) is 6.69. The Balaban J connectivity index is 1.24. The molecule has 0 atom stereocenters. The minimum atomic E-state index is -5.31. The van der Waals surface area contributed by atoms with Crippen LogP contribution in [0.2, 0.25) is 0 Å². The summed E-state index contributed by atoms with van der Waals surface area (Å²) < 4.78 is 45.1. The van der Waals surface area contributed by atoms with Gasteiger partial charge in [0.15, 0.2) is 0 Å². The van der Waals surface area contributed by atoms with Gasteiger partial charge in [-0.05, 0) is 54.1 Å². The van der Waals surface area contributed by atoms with Crippen LogP contribution in [0.25, 0.3) is 33.2 Å². The molecule has 9 nitrogen and oxygen atoms in total. The van der Waals surface area contributed by atoms with Crippen molar-refractivity contribution in [2.45, 2.75) is 12.6 Å². The number of nitrogens with two attached hydrogens (primary N) is 1. The molecule has 0 bridgehead atoms. The van der Waals surface area contributed by atoms with Crippen molar-refractivity contribution in [3.8, 4) is 11.3 Å². The molecule has 0 radical (unpaired) electrons. The monoisotopic (exact) mass is 597 g/mol. The van der Waals surface area contributed by atoms with Crippen molar-refractivity contribution in [2.24, 2.45) is 0 Å². The number of carbonyl (C=O) groups is 2. The number of aromatic nitrogens is 2. The average molecular weight is 598 g/mol. The van der Waals surface area contributed by atoms with Crippen LogP contribution in [0.1, 0.15) is 5.56 Å². The lowest BCUT2D eigenvalue weighted by atomic mass is 10.1. The Bertz CT molecular complexity index is 1990. The topological polar surface area (TPSA) is 124 Å². The van der Waals surface area contributed by atoms with Crippen molar-refractivity contribution in [1.29, 1.82) is 0 Å². The number of alkyl halides is 3. The minimum Gasteiger partial charge on any atom is -0.455 e. The molecule has 0 fully saturated rings. The van der Waals surface area contributed by atoms with E-state index in [1.807, 2.05) is 42.5 Å². The van der Waals surface area contributed by atoms with E-state index in [9.17, 15) is 22.8 Å². The number of nitrogens with zero attached hydrogens (tertiary/aromatic N) is 3. The van der Waals surface area contributed by atoms with Crippen LogP contribution < -0.4 is 16.1 Å². The van der Waals surface area contributed by atoms with Crippen LogP contribution in [-0.2, 0) is 20.8 Å². The van der Waals surface area contributed by atoms with Gasteiger partial charge in [0.05, 0.1) is 17.8 Å². The number of benzene rings is 4. The molecule has 1 amide bonds. The number of halogens is 3. The van der Waals surface area contributed by atoms with E-state index in [0.29, 0.717) is 39.1 Å². The standard InChI is InChI=1S/C32H22F3N5O4/c33-32(34,35)31(42)44-40(29(41)16-19-8-10-20(36)11-9-19)22-14-12-21(13-15-22)39-28-17-26(37-18-38-28)25-6-3-5-24-23-4-1-2-7-27(23)43-30(24)25/h1-15,17-18H,16,36H2,(H,37,38,39). The molecular formula is C32H22F3N5O4. The first-order valence-corrected chi connectivity index (χ1v) is 13.2. The van der Waals surface area contributed by atoms with Gasteiger partial charge in [-0.1, -0.05) is 42.5 Å². The molecule has 2 heterocycles. The number of hydrogen-bond acceptors (Lipinski definition) is 8. The molecule has 12 heteroatoms. The van der Waals surface area contributed by atoms with Crippen molar-refractivity contribution in [2.75, 3.05) is 16.1 Å². The molecule has 0 aliphatic heterocycles. The van der Waals surface area contributed by atoms with Gasteiger partial charge >= 0.3 is 12.1 Å². The predicted molar refractivity (Wildman–Crippen MR) is 159 cm³/mol. The van der Waals surface area contributed by atoms with Gasteiger partial charge in [0.1, 0.15) is 23.3 Å². The number of nitrogen functional groups attached to an aromatic ring is 1. The fraction of sp³-hybridized carbons (Fsp3) is 0.0625. The Morgan fingerprint density at radius 3 is 2.36 bits per heavy atom. The molecule has 0 saturated heterocycles. The lowest BCUT2D eigenvalue weighted by molar-refractivity contribution is -0.201. The Labute approximate surface area is 247 Å². The highest BCUT2D eigenvalue weighted by Crippen LogP contribution is 2.35. The van der Waals surface area contributed by atoms with Crippen LogP contribution in [0.3, 0.4) is 0 Å². The van der Waals surface area contributed by atoms with Crippen LogP contribution >= 0.6 is 0 Å². The molecule has 0 aliphatic carbocycles. The van der Waals surface area contributed by atoms with E-state index in [1.165, 1.54) is 30.6 Å². The molecule has 2 aromatic heterocycles. The SMILES string of the molecule is Nc1ccc(CC(=O)N(OC(=O)C(F)(F)F)c2ccc(Nc3cc(-c4cccc5c4oc4ccccc45)ncn3)cc2)cc1. The van der Waals surface area contributed by atoms with Gasteiger partial charge in [-0.3, -0.25) is 4.79 Å². The van der Waals surface area contributed by atoms with Gasteiger partial charge in [0.2, 0.25) is 0 Å². The molecule has 4 aromatic carbocycles. The lowest BCUT2D eigenvalue weighted by Gasteiger charge is -2.22. The molecule has 0 unspecified atom stereocenters. The number of carbonyl (C=O) groups excluding carboxylic acids is 2. The number of nitrogens with one attached hydrogen (secondary N) is 1. The normalized spacial score (nSPS) is 11.4. The first-order valence-electron chi connectivity index (χ1n) is 13.2. The summed E-state index contributed by atoms with van der Waals surface area (Å²) in [4.78, 5) is 37.8. The number of anilines is 4. The zero-order valence-electron chi connectivity index (χ0n) is 22.7. The first-order chi connectivity index (χ1) is 21.2. The zero-order valence-corrected chi connectivity index (χ0v) is 22.7. The summed E-state index contributed by atoms with van der Waals surface area (Å²) in [5, 5.41) is 5.37. The highest BCUT2D eigenvalue weighted by molar-refractivity contribution is 6.09. The van der Waals surface area contributed by atoms with Gasteiger partial charge in [-0.2, -0.15) is 13.2 Å². The minimum absolute atomic E-state index is 0.0893. The second-order valence-electron chi connectivity index (χ2n) is 9.72. The Kier molecular flexibility index (Phi) is 7.31. The summed E-state index contributed by atoms with van der Waals surface area (Å²) in [6.45, 7) is 0. The number of amides is 1. The summed E-state index contributed by atoms with van der Waals surface area (Å²) in [6, 6.07) is 27.1. The molecule has 3 N–H and O–H groups in total. The molecule has 6 aromatic rings. The Morgan fingerprint density at radius 2 is 1.61 bits per heavy atom. The molecular weight excluding hydrogens is 575 g/mol. The van der Waals surface area contributed by atoms with Crippen LogP contribution in [0.4, 0.5) is 36.1 Å². The number of hydroxylamine groups is 1. The van der Waals surface area contributed by atoms with Crippen LogP contribution in [0.15, 0.2) is 108 Å². The van der Waals surface area contributed by atoms with Gasteiger partial charge in [0.25, 0.3) is 5.91 Å². The molecule has 0 saturated carbocycles. The fourth-order valence-corrected chi connectivity index (χ4v) is 4.61. The second-order valence-corrected chi connectivity index (χ2v) is 9.72. The number of fused-ring (bicyclic) bond motifs is 3. The lowest BCUT2D eigenvalue weighted by Crippen LogP contribution is -2.39. The zero-order chi connectivity index (χ0) is 30.8. The van der Waals surface area contributed by atoms with Crippen molar-refractivity contribution in [1.82, 2.24) is 9.97 Å². The number of furan rings is 1. The van der Waals surface area contributed by atoms with Crippen molar-refractivity contribution in [3.63, 3.8) is 0 Å². The van der Waals surface area contributed by atoms with Gasteiger partial charge in [0, 0.05) is 33.8 Å². The predicted octanol–water partition coefficient (Wildman–Crippen LogP) is 6.97. The van der Waals surface area contributed by atoms with Gasteiger partial charge in [-0.15, -0.1) is 5.06 Å².